The van der Waals surface area contributed by atoms with E-state index in [0.29, 0.717) is 12.1 Å². The van der Waals surface area contributed by atoms with Gasteiger partial charge in [-0.3, -0.25) is 9.78 Å². The third-order valence-electron chi connectivity index (χ3n) is 2.52. The number of anilines is 2. The number of hydrogen-bond acceptors (Lipinski definition) is 3. The maximum atomic E-state index is 11.8. The van der Waals surface area contributed by atoms with Crippen LogP contribution >= 0.6 is 0 Å². The number of amides is 1. The molecule has 0 aliphatic carbocycles. The van der Waals surface area contributed by atoms with Crippen molar-refractivity contribution in [1.82, 2.24) is 4.98 Å². The number of benzene rings is 1. The second kappa shape index (κ2) is 5.31. The van der Waals surface area contributed by atoms with Crippen LogP contribution in [-0.4, -0.2) is 10.9 Å². The van der Waals surface area contributed by atoms with Gasteiger partial charge in [0.25, 0.3) is 0 Å². The molecule has 1 amide bonds. The van der Waals surface area contributed by atoms with Gasteiger partial charge < -0.3 is 11.1 Å². The van der Waals surface area contributed by atoms with Gasteiger partial charge in [0.05, 0.1) is 6.42 Å². The van der Waals surface area contributed by atoms with Crippen LogP contribution in [-0.2, 0) is 11.2 Å². The van der Waals surface area contributed by atoms with Crippen molar-refractivity contribution in [2.24, 2.45) is 0 Å². The van der Waals surface area contributed by atoms with Crippen molar-refractivity contribution >= 4 is 17.3 Å². The van der Waals surface area contributed by atoms with Crippen molar-refractivity contribution in [3.8, 4) is 0 Å². The SMILES string of the molecule is Cc1cc(NC(=O)Cc2ccc(N)cc2)ccn1. The lowest BCUT2D eigenvalue weighted by molar-refractivity contribution is -0.115. The lowest BCUT2D eigenvalue weighted by Gasteiger charge is -2.06. The molecular formula is C14H15N3O. The van der Waals surface area contributed by atoms with Crippen LogP contribution in [0.25, 0.3) is 0 Å². The molecule has 0 spiro atoms. The highest BCUT2D eigenvalue weighted by molar-refractivity contribution is 5.92. The Labute approximate surface area is 106 Å². The minimum Gasteiger partial charge on any atom is -0.399 e. The molecule has 1 heterocycles. The van der Waals surface area contributed by atoms with E-state index in [9.17, 15) is 4.79 Å². The number of rotatable bonds is 3. The largest absolute Gasteiger partial charge is 0.399 e. The normalized spacial score (nSPS) is 10.1. The van der Waals surface area contributed by atoms with Crippen molar-refractivity contribution in [2.75, 3.05) is 11.1 Å². The minimum atomic E-state index is -0.0506. The molecule has 18 heavy (non-hydrogen) atoms. The minimum absolute atomic E-state index is 0.0506. The summed E-state index contributed by atoms with van der Waals surface area (Å²) >= 11 is 0. The number of nitrogens with one attached hydrogen (secondary N) is 1. The molecule has 2 aromatic rings. The number of hydrogen-bond donors (Lipinski definition) is 2. The monoisotopic (exact) mass is 241 g/mol. The summed E-state index contributed by atoms with van der Waals surface area (Å²) < 4.78 is 0. The summed E-state index contributed by atoms with van der Waals surface area (Å²) in [6, 6.07) is 10.9. The molecule has 1 aromatic heterocycles. The van der Waals surface area contributed by atoms with Crippen molar-refractivity contribution in [2.45, 2.75) is 13.3 Å². The van der Waals surface area contributed by atoms with Gasteiger partial charge in [0.15, 0.2) is 0 Å². The van der Waals surface area contributed by atoms with Crippen LogP contribution in [0.15, 0.2) is 42.6 Å². The zero-order valence-electron chi connectivity index (χ0n) is 10.2. The van der Waals surface area contributed by atoms with Gasteiger partial charge in [0.1, 0.15) is 0 Å². The Balaban J connectivity index is 1.98. The first-order valence-corrected chi connectivity index (χ1v) is 5.70. The van der Waals surface area contributed by atoms with E-state index in [-0.39, 0.29) is 5.91 Å². The number of nitrogens with zero attached hydrogens (tertiary/aromatic N) is 1. The van der Waals surface area contributed by atoms with Gasteiger partial charge in [-0.05, 0) is 36.8 Å². The highest BCUT2D eigenvalue weighted by atomic mass is 16.1. The molecule has 0 bridgehead atoms. The smallest absolute Gasteiger partial charge is 0.228 e. The molecule has 0 fully saturated rings. The fourth-order valence-corrected chi connectivity index (χ4v) is 1.65. The van der Waals surface area contributed by atoms with E-state index in [1.54, 1.807) is 24.4 Å². The summed E-state index contributed by atoms with van der Waals surface area (Å²) in [6.07, 6.45) is 2.01. The van der Waals surface area contributed by atoms with E-state index in [1.165, 1.54) is 0 Å². The Bertz CT molecular complexity index is 549. The van der Waals surface area contributed by atoms with Crippen LogP contribution in [0.1, 0.15) is 11.3 Å². The third kappa shape index (κ3) is 3.31. The summed E-state index contributed by atoms with van der Waals surface area (Å²) in [4.78, 5) is 15.9. The Morgan fingerprint density at radius 1 is 1.28 bits per heavy atom. The van der Waals surface area contributed by atoms with Gasteiger partial charge in [-0.2, -0.15) is 0 Å². The molecule has 4 nitrogen and oxygen atoms in total. The number of pyridine rings is 1. The lowest BCUT2D eigenvalue weighted by atomic mass is 10.1. The van der Waals surface area contributed by atoms with Crippen molar-refractivity contribution in [3.63, 3.8) is 0 Å². The van der Waals surface area contributed by atoms with Crippen LogP contribution in [0.3, 0.4) is 0 Å². The van der Waals surface area contributed by atoms with Crippen molar-refractivity contribution < 1.29 is 4.79 Å². The first kappa shape index (κ1) is 12.1. The molecule has 0 aliphatic heterocycles. The molecule has 0 unspecified atom stereocenters. The summed E-state index contributed by atoms with van der Waals surface area (Å²) in [5.74, 6) is -0.0506. The molecule has 4 heteroatoms. The predicted molar refractivity (Wildman–Crippen MR) is 72.2 cm³/mol. The zero-order valence-corrected chi connectivity index (χ0v) is 10.2. The van der Waals surface area contributed by atoms with Gasteiger partial charge >= 0.3 is 0 Å². The number of carbonyl (C=O) groups is 1. The highest BCUT2D eigenvalue weighted by Gasteiger charge is 2.04. The number of nitrogens with two attached hydrogens (primary N) is 1. The Morgan fingerprint density at radius 2 is 2.00 bits per heavy atom. The summed E-state index contributed by atoms with van der Waals surface area (Å²) in [5.41, 5.74) is 8.87. The van der Waals surface area contributed by atoms with Crippen molar-refractivity contribution in [1.29, 1.82) is 0 Å². The van der Waals surface area contributed by atoms with E-state index in [2.05, 4.69) is 10.3 Å². The lowest BCUT2D eigenvalue weighted by Crippen LogP contribution is -2.14. The van der Waals surface area contributed by atoms with Gasteiger partial charge in [0.2, 0.25) is 5.91 Å². The summed E-state index contributed by atoms with van der Waals surface area (Å²) in [6.45, 7) is 1.88. The van der Waals surface area contributed by atoms with E-state index >= 15 is 0 Å². The second-order valence-corrected chi connectivity index (χ2v) is 4.15. The zero-order chi connectivity index (χ0) is 13.0. The fraction of sp³-hybridized carbons (Fsp3) is 0.143. The molecule has 0 saturated heterocycles. The Hall–Kier alpha value is -2.36. The fourth-order valence-electron chi connectivity index (χ4n) is 1.65. The average Bonchev–Trinajstić information content (AvgIpc) is 2.32. The molecule has 92 valence electrons. The first-order valence-electron chi connectivity index (χ1n) is 5.70. The Morgan fingerprint density at radius 3 is 2.67 bits per heavy atom. The molecule has 0 radical (unpaired) electrons. The molecule has 3 N–H and O–H groups in total. The Kier molecular flexibility index (Phi) is 3.57. The van der Waals surface area contributed by atoms with Gasteiger partial charge in [-0.25, -0.2) is 0 Å². The topological polar surface area (TPSA) is 68.0 Å². The number of nitrogen functional groups attached to an aromatic ring is 1. The van der Waals surface area contributed by atoms with Crippen LogP contribution < -0.4 is 11.1 Å². The molecule has 1 aromatic carbocycles. The second-order valence-electron chi connectivity index (χ2n) is 4.15. The van der Waals surface area contributed by atoms with E-state index in [0.717, 1.165) is 16.9 Å². The number of aryl methyl sites for hydroxylation is 1. The van der Waals surface area contributed by atoms with Gasteiger partial charge in [0, 0.05) is 23.3 Å². The summed E-state index contributed by atoms with van der Waals surface area (Å²) in [7, 11) is 0. The van der Waals surface area contributed by atoms with Crippen LogP contribution in [0.4, 0.5) is 11.4 Å². The van der Waals surface area contributed by atoms with Crippen molar-refractivity contribution in [3.05, 3.63) is 53.9 Å². The third-order valence-corrected chi connectivity index (χ3v) is 2.52. The van der Waals surface area contributed by atoms with E-state index in [1.807, 2.05) is 25.1 Å². The quantitative estimate of drug-likeness (QED) is 0.809. The van der Waals surface area contributed by atoms with Crippen LogP contribution in [0.5, 0.6) is 0 Å². The standard InChI is InChI=1S/C14H15N3O/c1-10-8-13(6-7-16-10)17-14(18)9-11-2-4-12(15)5-3-11/h2-8H,9,15H2,1H3,(H,16,17,18). The van der Waals surface area contributed by atoms with Gasteiger partial charge in [-0.1, -0.05) is 12.1 Å². The van der Waals surface area contributed by atoms with E-state index < -0.39 is 0 Å². The summed E-state index contributed by atoms with van der Waals surface area (Å²) in [5, 5.41) is 2.84. The van der Waals surface area contributed by atoms with E-state index in [4.69, 9.17) is 5.73 Å². The molecule has 2 rings (SSSR count). The predicted octanol–water partition coefficient (Wildman–Crippen LogP) is 2.15. The average molecular weight is 241 g/mol. The number of aromatic nitrogens is 1. The first-order chi connectivity index (χ1) is 8.63. The van der Waals surface area contributed by atoms with Crippen LogP contribution in [0.2, 0.25) is 0 Å². The highest BCUT2D eigenvalue weighted by Crippen LogP contribution is 2.10. The van der Waals surface area contributed by atoms with Crippen LogP contribution in [0, 0.1) is 6.92 Å². The molecule has 0 aliphatic rings. The molecular weight excluding hydrogens is 226 g/mol. The maximum absolute atomic E-state index is 11.8. The molecule has 0 saturated carbocycles. The van der Waals surface area contributed by atoms with Gasteiger partial charge in [-0.15, -0.1) is 0 Å². The maximum Gasteiger partial charge on any atom is 0.228 e. The molecule has 0 atom stereocenters. The number of carbonyl (C=O) groups excluding carboxylic acids is 1.